The number of aromatic amines is 1. The molecule has 2 N–H and O–H groups in total. The summed E-state index contributed by atoms with van der Waals surface area (Å²) >= 11 is 1.65. The molecule has 2 saturated heterocycles. The lowest BCUT2D eigenvalue weighted by Crippen LogP contribution is -2.41. The molecule has 3 aliphatic heterocycles. The SMILES string of the molecule is O=C(C1=CN(c2ncnc3[nH]ccc23)CCS1)N1C[C@H]2CCCN[C@H]2C1. The van der Waals surface area contributed by atoms with Crippen molar-refractivity contribution in [1.82, 2.24) is 25.2 Å². The number of H-pyrrole nitrogens is 1. The van der Waals surface area contributed by atoms with Crippen molar-refractivity contribution in [2.24, 2.45) is 5.92 Å². The van der Waals surface area contributed by atoms with E-state index in [2.05, 4.69) is 25.2 Å². The van der Waals surface area contributed by atoms with E-state index in [1.54, 1.807) is 18.1 Å². The monoisotopic (exact) mass is 370 g/mol. The number of amides is 1. The van der Waals surface area contributed by atoms with Gasteiger partial charge in [0.1, 0.15) is 17.8 Å². The average molecular weight is 370 g/mol. The summed E-state index contributed by atoms with van der Waals surface area (Å²) < 4.78 is 0. The lowest BCUT2D eigenvalue weighted by molar-refractivity contribution is -0.125. The van der Waals surface area contributed by atoms with Gasteiger partial charge in [0.15, 0.2) is 0 Å². The molecule has 3 aliphatic rings. The number of hydrogen-bond donors (Lipinski definition) is 2. The summed E-state index contributed by atoms with van der Waals surface area (Å²) in [7, 11) is 0. The second-order valence-electron chi connectivity index (χ2n) is 7.15. The smallest absolute Gasteiger partial charge is 0.261 e. The summed E-state index contributed by atoms with van der Waals surface area (Å²) in [4.78, 5) is 29.8. The van der Waals surface area contributed by atoms with Crippen LogP contribution in [-0.2, 0) is 4.79 Å². The Balaban J connectivity index is 1.39. The Morgan fingerprint density at radius 1 is 1.31 bits per heavy atom. The first-order valence-corrected chi connectivity index (χ1v) is 10.2. The molecule has 26 heavy (non-hydrogen) atoms. The molecule has 2 atom stereocenters. The minimum Gasteiger partial charge on any atom is -0.346 e. The van der Waals surface area contributed by atoms with Gasteiger partial charge in [0, 0.05) is 43.8 Å². The number of fused-ring (bicyclic) bond motifs is 2. The van der Waals surface area contributed by atoms with E-state index >= 15 is 0 Å². The predicted molar refractivity (Wildman–Crippen MR) is 103 cm³/mol. The second-order valence-corrected chi connectivity index (χ2v) is 8.28. The van der Waals surface area contributed by atoms with Crippen LogP contribution in [-0.4, -0.2) is 63.7 Å². The Kier molecular flexibility index (Phi) is 4.09. The number of aromatic nitrogens is 3. The summed E-state index contributed by atoms with van der Waals surface area (Å²) in [6, 6.07) is 2.46. The largest absolute Gasteiger partial charge is 0.346 e. The van der Waals surface area contributed by atoms with E-state index in [9.17, 15) is 4.79 Å². The molecule has 7 nitrogen and oxygen atoms in total. The fourth-order valence-corrected chi connectivity index (χ4v) is 5.20. The number of nitrogens with one attached hydrogen (secondary N) is 2. The molecule has 0 spiro atoms. The van der Waals surface area contributed by atoms with E-state index < -0.39 is 0 Å². The minimum absolute atomic E-state index is 0.162. The molecule has 2 aromatic rings. The molecule has 8 heteroatoms. The van der Waals surface area contributed by atoms with Crippen molar-refractivity contribution in [3.63, 3.8) is 0 Å². The quantitative estimate of drug-likeness (QED) is 0.836. The maximum atomic E-state index is 13.1. The number of hydrogen-bond acceptors (Lipinski definition) is 6. The van der Waals surface area contributed by atoms with Crippen LogP contribution in [0.3, 0.4) is 0 Å². The van der Waals surface area contributed by atoms with Gasteiger partial charge in [-0.25, -0.2) is 9.97 Å². The Hall–Kier alpha value is -2.06. The van der Waals surface area contributed by atoms with Gasteiger partial charge in [-0.2, -0.15) is 0 Å². The molecule has 0 radical (unpaired) electrons. The van der Waals surface area contributed by atoms with Gasteiger partial charge < -0.3 is 20.1 Å². The number of thioether (sulfide) groups is 1. The summed E-state index contributed by atoms with van der Waals surface area (Å²) in [5, 5.41) is 4.55. The van der Waals surface area contributed by atoms with E-state index in [0.29, 0.717) is 12.0 Å². The first-order chi connectivity index (χ1) is 12.8. The number of carbonyl (C=O) groups excluding carboxylic acids is 1. The van der Waals surface area contributed by atoms with Gasteiger partial charge in [0.25, 0.3) is 5.91 Å². The topological polar surface area (TPSA) is 77.2 Å². The first-order valence-electron chi connectivity index (χ1n) is 9.21. The van der Waals surface area contributed by atoms with Crippen molar-refractivity contribution in [1.29, 1.82) is 0 Å². The van der Waals surface area contributed by atoms with Crippen LogP contribution in [0, 0.1) is 5.92 Å². The Bertz CT molecular complexity index is 850. The number of piperidine rings is 1. The fourth-order valence-electron chi connectivity index (χ4n) is 4.24. The highest BCUT2D eigenvalue weighted by Crippen LogP contribution is 2.32. The van der Waals surface area contributed by atoms with Crippen molar-refractivity contribution in [2.75, 3.05) is 36.8 Å². The van der Waals surface area contributed by atoms with E-state index in [0.717, 1.165) is 53.7 Å². The molecule has 2 aromatic heterocycles. The molecule has 0 aromatic carbocycles. The van der Waals surface area contributed by atoms with Gasteiger partial charge in [-0.1, -0.05) is 0 Å². The van der Waals surface area contributed by atoms with Crippen molar-refractivity contribution in [2.45, 2.75) is 18.9 Å². The number of nitrogens with zero attached hydrogens (tertiary/aromatic N) is 4. The van der Waals surface area contributed by atoms with E-state index in [-0.39, 0.29) is 5.91 Å². The fraction of sp³-hybridized carbons (Fsp3) is 0.500. The number of rotatable bonds is 2. The van der Waals surface area contributed by atoms with Crippen LogP contribution in [0.1, 0.15) is 12.8 Å². The third-order valence-corrected chi connectivity index (χ3v) is 6.54. The average Bonchev–Trinajstić information content (AvgIpc) is 3.33. The molecule has 5 rings (SSSR count). The maximum Gasteiger partial charge on any atom is 0.261 e. The standard InChI is InChI=1S/C18H22N6OS/c25-18(24-8-12-2-1-4-19-14(12)9-24)15-10-23(6-7-26-15)17-13-3-5-20-16(13)21-11-22-17/h3,5,10-12,14,19H,1-2,4,6-9H2,(H,20,21,22)/t12-,14+/m1/s1. The highest BCUT2D eigenvalue weighted by Gasteiger charge is 2.37. The maximum absolute atomic E-state index is 13.1. The third-order valence-electron chi connectivity index (χ3n) is 5.57. The highest BCUT2D eigenvalue weighted by atomic mass is 32.2. The van der Waals surface area contributed by atoms with Crippen molar-refractivity contribution in [3.05, 3.63) is 29.7 Å². The van der Waals surface area contributed by atoms with Crippen LogP contribution in [0.2, 0.25) is 0 Å². The van der Waals surface area contributed by atoms with Crippen LogP contribution in [0.5, 0.6) is 0 Å². The number of carbonyl (C=O) groups is 1. The van der Waals surface area contributed by atoms with Gasteiger partial charge in [0.2, 0.25) is 0 Å². The van der Waals surface area contributed by atoms with Crippen molar-refractivity contribution < 1.29 is 4.79 Å². The zero-order valence-electron chi connectivity index (χ0n) is 14.5. The van der Waals surface area contributed by atoms with Crippen molar-refractivity contribution >= 4 is 34.5 Å². The van der Waals surface area contributed by atoms with Gasteiger partial charge >= 0.3 is 0 Å². The van der Waals surface area contributed by atoms with Crippen molar-refractivity contribution in [3.8, 4) is 0 Å². The van der Waals surface area contributed by atoms with Gasteiger partial charge in [-0.05, 0) is 31.4 Å². The zero-order valence-corrected chi connectivity index (χ0v) is 15.3. The normalized spacial score (nSPS) is 26.1. The third kappa shape index (κ3) is 2.77. The van der Waals surface area contributed by atoms with Crippen LogP contribution in [0.4, 0.5) is 5.82 Å². The van der Waals surface area contributed by atoms with E-state index in [1.807, 2.05) is 23.4 Å². The Morgan fingerprint density at radius 3 is 3.19 bits per heavy atom. The number of anilines is 1. The molecule has 0 saturated carbocycles. The molecular weight excluding hydrogens is 348 g/mol. The zero-order chi connectivity index (χ0) is 17.5. The lowest BCUT2D eigenvalue weighted by Gasteiger charge is -2.27. The van der Waals surface area contributed by atoms with Gasteiger partial charge in [-0.3, -0.25) is 4.79 Å². The molecule has 1 amide bonds. The lowest BCUT2D eigenvalue weighted by atomic mass is 9.94. The summed E-state index contributed by atoms with van der Waals surface area (Å²) in [6.07, 6.45) is 7.86. The predicted octanol–water partition coefficient (Wildman–Crippen LogP) is 1.56. The summed E-state index contributed by atoms with van der Waals surface area (Å²) in [5.74, 6) is 2.51. The number of likely N-dealkylation sites (tertiary alicyclic amines) is 1. The minimum atomic E-state index is 0.162. The van der Waals surface area contributed by atoms with E-state index in [1.165, 1.54) is 12.8 Å². The molecule has 0 unspecified atom stereocenters. The molecule has 0 bridgehead atoms. The highest BCUT2D eigenvalue weighted by molar-refractivity contribution is 8.04. The summed E-state index contributed by atoms with van der Waals surface area (Å²) in [5.41, 5.74) is 0.823. The molecule has 0 aliphatic carbocycles. The van der Waals surface area contributed by atoms with Gasteiger partial charge in [0.05, 0.1) is 10.3 Å². The van der Waals surface area contributed by atoms with Crippen LogP contribution in [0.15, 0.2) is 29.7 Å². The van der Waals surface area contributed by atoms with Crippen LogP contribution < -0.4 is 10.2 Å². The second kappa shape index (κ2) is 6.59. The Labute approximate surface area is 156 Å². The Morgan fingerprint density at radius 2 is 2.27 bits per heavy atom. The van der Waals surface area contributed by atoms with E-state index in [4.69, 9.17) is 0 Å². The van der Waals surface area contributed by atoms with Crippen LogP contribution in [0.25, 0.3) is 11.0 Å². The molecule has 136 valence electrons. The first kappa shape index (κ1) is 16.1. The van der Waals surface area contributed by atoms with Crippen LogP contribution >= 0.6 is 11.8 Å². The van der Waals surface area contributed by atoms with Gasteiger partial charge in [-0.15, -0.1) is 11.8 Å². The molecule has 5 heterocycles. The summed E-state index contributed by atoms with van der Waals surface area (Å²) in [6.45, 7) is 3.63. The molecule has 2 fully saturated rings. The molecular formula is C18H22N6OS.